The molecule has 3 heterocycles. The van der Waals surface area contributed by atoms with E-state index in [0.717, 1.165) is 30.1 Å². The summed E-state index contributed by atoms with van der Waals surface area (Å²) in [6.07, 6.45) is -7.14. The van der Waals surface area contributed by atoms with E-state index in [0.29, 0.717) is 22.0 Å². The molecule has 0 spiro atoms. The zero-order valence-corrected chi connectivity index (χ0v) is 20.2. The molecule has 0 saturated carbocycles. The van der Waals surface area contributed by atoms with Crippen molar-refractivity contribution >= 4 is 11.8 Å². The first kappa shape index (κ1) is 28.9. The largest absolute Gasteiger partial charge is 0.459 e. The van der Waals surface area contributed by atoms with Crippen molar-refractivity contribution < 1.29 is 40.7 Å². The molecule has 1 aromatic carbocycles. The molecule has 4 rings (SSSR count). The fraction of sp³-hybridized carbons (Fsp3) is 0.261. The van der Waals surface area contributed by atoms with E-state index in [1.54, 1.807) is 37.3 Å². The standard InChI is InChI=1S/C15H13F3N2O3.C8H7F3N4O/c1-10(21)13(20-8-7-12(19-20)15(16,17)18)14(22)23-9-11-5-3-2-4-6-11;1-4-6(7(16)13-12-4)15-3-2-5(14-15)8(9,10)11/h2-8,13H,9H2,1H3;2-3H,1H3,(H2,12,13,16). The molecule has 10 nitrogen and oxygen atoms in total. The van der Waals surface area contributed by atoms with Crippen LogP contribution in [-0.4, -0.2) is 41.5 Å². The number of hydrogen-bond acceptors (Lipinski definition) is 6. The quantitative estimate of drug-likeness (QED) is 0.209. The summed E-state index contributed by atoms with van der Waals surface area (Å²) < 4.78 is 81.1. The highest BCUT2D eigenvalue weighted by Crippen LogP contribution is 2.29. The van der Waals surface area contributed by atoms with Crippen LogP contribution in [0.15, 0.2) is 59.7 Å². The van der Waals surface area contributed by atoms with E-state index in [1.165, 1.54) is 0 Å². The van der Waals surface area contributed by atoms with Gasteiger partial charge in [-0.15, -0.1) is 0 Å². The number of carbonyl (C=O) groups excluding carboxylic acids is 2. The monoisotopic (exact) mass is 558 g/mol. The van der Waals surface area contributed by atoms with Gasteiger partial charge in [-0.25, -0.2) is 9.48 Å². The van der Waals surface area contributed by atoms with Gasteiger partial charge in [0.15, 0.2) is 22.9 Å². The molecule has 0 saturated heterocycles. The lowest BCUT2D eigenvalue weighted by Gasteiger charge is -2.14. The highest BCUT2D eigenvalue weighted by atomic mass is 19.4. The van der Waals surface area contributed by atoms with Crippen LogP contribution < -0.4 is 5.56 Å². The van der Waals surface area contributed by atoms with Gasteiger partial charge in [-0.1, -0.05) is 30.3 Å². The molecule has 0 aliphatic heterocycles. The smallest absolute Gasteiger partial charge is 0.435 e. The Bertz CT molecular complexity index is 1480. The van der Waals surface area contributed by atoms with Gasteiger partial charge in [0.2, 0.25) is 6.04 Å². The number of nitrogens with one attached hydrogen (secondary N) is 2. The summed E-state index contributed by atoms with van der Waals surface area (Å²) in [7, 11) is 0. The molecule has 4 aromatic rings. The summed E-state index contributed by atoms with van der Waals surface area (Å²) in [6, 6.07) is 8.66. The Balaban J connectivity index is 0.000000230. The maximum atomic E-state index is 12.6. The van der Waals surface area contributed by atoms with Gasteiger partial charge in [0.05, 0.1) is 5.69 Å². The summed E-state index contributed by atoms with van der Waals surface area (Å²) in [5.41, 5.74) is -1.57. The minimum absolute atomic E-state index is 0.0514. The Kier molecular flexibility index (Phi) is 8.46. The third-order valence-corrected chi connectivity index (χ3v) is 5.04. The van der Waals surface area contributed by atoms with Crippen LogP contribution in [0.4, 0.5) is 26.3 Å². The van der Waals surface area contributed by atoms with Crippen molar-refractivity contribution in [2.24, 2.45) is 0 Å². The highest BCUT2D eigenvalue weighted by molar-refractivity contribution is 5.99. The molecule has 3 aromatic heterocycles. The van der Waals surface area contributed by atoms with E-state index < -0.39 is 47.1 Å². The Labute approximate surface area is 215 Å². The minimum Gasteiger partial charge on any atom is -0.459 e. The summed E-state index contributed by atoms with van der Waals surface area (Å²) in [4.78, 5) is 34.9. The lowest BCUT2D eigenvalue weighted by molar-refractivity contribution is -0.153. The summed E-state index contributed by atoms with van der Waals surface area (Å²) in [5, 5.41) is 11.3. The molecule has 1 unspecified atom stereocenters. The second kappa shape index (κ2) is 11.4. The number of alkyl halides is 6. The van der Waals surface area contributed by atoms with Crippen molar-refractivity contribution in [2.45, 2.75) is 38.8 Å². The number of benzene rings is 1. The molecule has 2 N–H and O–H groups in total. The Morgan fingerprint density at radius 3 is 2.00 bits per heavy atom. The number of H-pyrrole nitrogens is 2. The fourth-order valence-electron chi connectivity index (χ4n) is 3.22. The lowest BCUT2D eigenvalue weighted by atomic mass is 10.2. The number of hydrogen-bond donors (Lipinski definition) is 2. The molecular formula is C23H20F6N6O4. The molecule has 0 aliphatic carbocycles. The SMILES string of the molecule is CC(=O)C(C(=O)OCc1ccccc1)n1ccc(C(F)(F)F)n1.Cc1[nH][nH]c(=O)c1-n1ccc(C(F)(F)F)n1. The van der Waals surface area contributed by atoms with Gasteiger partial charge in [-0.2, -0.15) is 36.5 Å². The predicted molar refractivity (Wildman–Crippen MR) is 121 cm³/mol. The number of aromatic amines is 2. The molecular weight excluding hydrogens is 538 g/mol. The molecule has 16 heteroatoms. The third kappa shape index (κ3) is 7.24. The van der Waals surface area contributed by atoms with Crippen molar-refractivity contribution in [3.63, 3.8) is 0 Å². The van der Waals surface area contributed by atoms with Crippen LogP contribution in [0.2, 0.25) is 0 Å². The Morgan fingerprint density at radius 1 is 0.923 bits per heavy atom. The third-order valence-electron chi connectivity index (χ3n) is 5.04. The van der Waals surface area contributed by atoms with Gasteiger partial charge < -0.3 is 9.84 Å². The average Bonchev–Trinajstić information content (AvgIpc) is 3.59. The number of halogens is 6. The van der Waals surface area contributed by atoms with Crippen molar-refractivity contribution in [1.29, 1.82) is 0 Å². The lowest BCUT2D eigenvalue weighted by Crippen LogP contribution is -2.28. The van der Waals surface area contributed by atoms with Crippen LogP contribution in [0, 0.1) is 6.92 Å². The summed E-state index contributed by atoms with van der Waals surface area (Å²) >= 11 is 0. The number of aromatic nitrogens is 6. The van der Waals surface area contributed by atoms with Gasteiger partial charge in [-0.05, 0) is 31.5 Å². The first-order valence-corrected chi connectivity index (χ1v) is 10.9. The second-order valence-corrected chi connectivity index (χ2v) is 7.98. The average molecular weight is 558 g/mol. The maximum absolute atomic E-state index is 12.6. The van der Waals surface area contributed by atoms with Gasteiger partial charge >= 0.3 is 18.3 Å². The normalized spacial score (nSPS) is 12.4. The van der Waals surface area contributed by atoms with Crippen LogP contribution >= 0.6 is 0 Å². The highest BCUT2D eigenvalue weighted by Gasteiger charge is 2.36. The van der Waals surface area contributed by atoms with E-state index in [2.05, 4.69) is 20.4 Å². The number of aryl methyl sites for hydroxylation is 1. The van der Waals surface area contributed by atoms with Crippen molar-refractivity contribution in [3.05, 3.63) is 87.9 Å². The molecule has 0 aliphatic rings. The van der Waals surface area contributed by atoms with E-state index in [-0.39, 0.29) is 12.3 Å². The van der Waals surface area contributed by atoms with E-state index in [9.17, 15) is 40.7 Å². The molecule has 0 fully saturated rings. The van der Waals surface area contributed by atoms with E-state index in [1.807, 2.05) is 0 Å². The van der Waals surface area contributed by atoms with E-state index in [4.69, 9.17) is 4.74 Å². The van der Waals surface area contributed by atoms with Crippen LogP contribution in [0.1, 0.15) is 35.6 Å². The predicted octanol–water partition coefficient (Wildman–Crippen LogP) is 3.99. The number of ketones is 1. The van der Waals surface area contributed by atoms with Crippen molar-refractivity contribution in [2.75, 3.05) is 0 Å². The van der Waals surface area contributed by atoms with Crippen LogP contribution in [-0.2, 0) is 33.3 Å². The summed E-state index contributed by atoms with van der Waals surface area (Å²) in [5.74, 6) is -1.63. The second-order valence-electron chi connectivity index (χ2n) is 7.98. The first-order chi connectivity index (χ1) is 18.2. The zero-order chi connectivity index (χ0) is 29.0. The Hall–Kier alpha value is -4.63. The van der Waals surface area contributed by atoms with E-state index >= 15 is 0 Å². The van der Waals surface area contributed by atoms with Gasteiger partial charge in [-0.3, -0.25) is 19.4 Å². The fourth-order valence-corrected chi connectivity index (χ4v) is 3.22. The molecule has 39 heavy (non-hydrogen) atoms. The van der Waals surface area contributed by atoms with Crippen molar-refractivity contribution in [1.82, 2.24) is 29.8 Å². The van der Waals surface area contributed by atoms with Gasteiger partial charge in [0, 0.05) is 12.4 Å². The number of ether oxygens (including phenoxy) is 1. The Morgan fingerprint density at radius 2 is 1.51 bits per heavy atom. The maximum Gasteiger partial charge on any atom is 0.435 e. The van der Waals surface area contributed by atoms with Gasteiger partial charge in [0.1, 0.15) is 6.61 Å². The number of Topliss-reactive ketones (excluding diaryl/α,β-unsaturated/α-hetero) is 1. The number of nitrogens with zero attached hydrogens (tertiary/aromatic N) is 4. The van der Waals surface area contributed by atoms with Crippen LogP contribution in [0.3, 0.4) is 0 Å². The first-order valence-electron chi connectivity index (χ1n) is 10.9. The number of rotatable bonds is 6. The van der Waals surface area contributed by atoms with Crippen LogP contribution in [0.5, 0.6) is 0 Å². The topological polar surface area (TPSA) is 128 Å². The minimum atomic E-state index is -4.65. The molecule has 0 radical (unpaired) electrons. The molecule has 1 atom stereocenters. The number of esters is 1. The number of carbonyl (C=O) groups is 2. The zero-order valence-electron chi connectivity index (χ0n) is 20.2. The van der Waals surface area contributed by atoms with Crippen molar-refractivity contribution in [3.8, 4) is 5.69 Å². The molecule has 208 valence electrons. The molecule has 0 amide bonds. The molecule has 0 bridgehead atoms. The van der Waals surface area contributed by atoms with Gasteiger partial charge in [0.25, 0.3) is 5.56 Å². The van der Waals surface area contributed by atoms with Crippen LogP contribution in [0.25, 0.3) is 5.69 Å². The summed E-state index contributed by atoms with van der Waals surface area (Å²) in [6.45, 7) is 2.56.